The monoisotopic (exact) mass is 441 g/mol. The number of likely N-dealkylation sites (tertiary alicyclic amines) is 1. The van der Waals surface area contributed by atoms with E-state index in [4.69, 9.17) is 9.47 Å². The number of aromatic nitrogens is 2. The highest BCUT2D eigenvalue weighted by atomic mass is 19.1. The summed E-state index contributed by atoms with van der Waals surface area (Å²) in [6.45, 7) is 2.84. The molecule has 4 rings (SSSR count). The van der Waals surface area contributed by atoms with Crippen molar-refractivity contribution in [1.82, 2.24) is 14.7 Å². The van der Waals surface area contributed by atoms with Gasteiger partial charge in [0.2, 0.25) is 0 Å². The molecule has 8 heteroatoms. The maximum Gasteiger partial charge on any atom is 0.274 e. The quantitative estimate of drug-likeness (QED) is 0.608. The summed E-state index contributed by atoms with van der Waals surface area (Å²) in [5.41, 5.74) is 0.592. The predicted molar refractivity (Wildman–Crippen MR) is 120 cm³/mol. The summed E-state index contributed by atoms with van der Waals surface area (Å²) >= 11 is 0. The first-order valence-corrected chi connectivity index (χ1v) is 10.8. The molecule has 170 valence electrons. The van der Waals surface area contributed by atoms with Crippen molar-refractivity contribution in [3.63, 3.8) is 0 Å². The van der Waals surface area contributed by atoms with Gasteiger partial charge in [-0.05, 0) is 61.7 Å². The maximum absolute atomic E-state index is 13.1. The minimum atomic E-state index is -0.588. The summed E-state index contributed by atoms with van der Waals surface area (Å²) in [7, 11) is 3.10. The number of nitrogens with zero attached hydrogens (tertiary/aromatic N) is 3. The molecule has 2 aromatic carbocycles. The average Bonchev–Trinajstić information content (AvgIpc) is 2.83. The molecule has 0 saturated carbocycles. The van der Waals surface area contributed by atoms with Crippen LogP contribution in [0.4, 0.5) is 4.39 Å². The van der Waals surface area contributed by atoms with Crippen molar-refractivity contribution >= 4 is 10.8 Å². The van der Waals surface area contributed by atoms with Crippen molar-refractivity contribution in [3.05, 3.63) is 64.3 Å². The normalized spacial score (nSPS) is 16.2. The molecule has 0 spiro atoms. The van der Waals surface area contributed by atoms with Gasteiger partial charge in [0.1, 0.15) is 5.82 Å². The number of rotatable bonds is 7. The number of piperidine rings is 1. The number of fused-ring (bicyclic) bond motifs is 1. The number of methoxy groups -OCH3 is 2. The zero-order chi connectivity index (χ0) is 22.7. The van der Waals surface area contributed by atoms with E-state index in [1.807, 2.05) is 0 Å². The van der Waals surface area contributed by atoms with E-state index in [2.05, 4.69) is 10.00 Å². The van der Waals surface area contributed by atoms with E-state index in [-0.39, 0.29) is 17.3 Å². The third-order valence-electron chi connectivity index (χ3n) is 6.28. The maximum atomic E-state index is 13.1. The molecule has 0 aliphatic carbocycles. The Morgan fingerprint density at radius 2 is 1.75 bits per heavy atom. The molecular weight excluding hydrogens is 413 g/mol. The van der Waals surface area contributed by atoms with Crippen molar-refractivity contribution in [2.45, 2.75) is 25.5 Å². The van der Waals surface area contributed by atoms with Gasteiger partial charge in [0.15, 0.2) is 11.5 Å². The number of hydrogen-bond acceptors (Lipinski definition) is 6. The molecule has 2 heterocycles. The second-order valence-corrected chi connectivity index (χ2v) is 8.14. The average molecular weight is 442 g/mol. The Morgan fingerprint density at radius 3 is 2.41 bits per heavy atom. The molecule has 1 aromatic heterocycles. The number of ether oxygens (including phenoxy) is 2. The SMILES string of the molecule is COc1cc2cnn(CCN3CCC(C(O)c4ccc(F)cc4)CC3)c(=O)c2cc1OC. The lowest BCUT2D eigenvalue weighted by molar-refractivity contribution is 0.0575. The Morgan fingerprint density at radius 1 is 1.09 bits per heavy atom. The van der Waals surface area contributed by atoms with Crippen LogP contribution in [0, 0.1) is 11.7 Å². The van der Waals surface area contributed by atoms with E-state index in [1.54, 1.807) is 44.7 Å². The van der Waals surface area contributed by atoms with Gasteiger partial charge in [0, 0.05) is 11.9 Å². The van der Waals surface area contributed by atoms with Crippen molar-refractivity contribution in [3.8, 4) is 11.5 Å². The molecule has 3 aromatic rings. The first kappa shape index (κ1) is 22.2. The van der Waals surface area contributed by atoms with E-state index in [1.165, 1.54) is 16.8 Å². The highest BCUT2D eigenvalue weighted by Gasteiger charge is 2.26. The molecule has 0 amide bonds. The summed E-state index contributed by atoms with van der Waals surface area (Å²) in [5, 5.41) is 16.2. The van der Waals surface area contributed by atoms with E-state index in [9.17, 15) is 14.3 Å². The van der Waals surface area contributed by atoms with Crippen LogP contribution in [0.2, 0.25) is 0 Å². The van der Waals surface area contributed by atoms with Crippen molar-refractivity contribution < 1.29 is 19.0 Å². The lowest BCUT2D eigenvalue weighted by Gasteiger charge is -2.34. The zero-order valence-corrected chi connectivity index (χ0v) is 18.3. The lowest BCUT2D eigenvalue weighted by Crippen LogP contribution is -2.39. The van der Waals surface area contributed by atoms with Crippen LogP contribution in [-0.2, 0) is 6.54 Å². The van der Waals surface area contributed by atoms with Crippen molar-refractivity contribution in [2.24, 2.45) is 5.92 Å². The second-order valence-electron chi connectivity index (χ2n) is 8.14. The number of aliphatic hydroxyl groups excluding tert-OH is 1. The largest absolute Gasteiger partial charge is 0.493 e. The molecule has 7 nitrogen and oxygen atoms in total. The van der Waals surface area contributed by atoms with Crippen LogP contribution in [-0.4, -0.2) is 53.6 Å². The third-order valence-corrected chi connectivity index (χ3v) is 6.28. The fourth-order valence-corrected chi connectivity index (χ4v) is 4.33. The van der Waals surface area contributed by atoms with Crippen LogP contribution < -0.4 is 15.0 Å². The first-order chi connectivity index (χ1) is 15.5. The summed E-state index contributed by atoms with van der Waals surface area (Å²) in [6.07, 6.45) is 2.77. The van der Waals surface area contributed by atoms with E-state index < -0.39 is 6.10 Å². The highest BCUT2D eigenvalue weighted by Crippen LogP contribution is 2.31. The smallest absolute Gasteiger partial charge is 0.274 e. The molecule has 0 radical (unpaired) electrons. The zero-order valence-electron chi connectivity index (χ0n) is 18.3. The van der Waals surface area contributed by atoms with Gasteiger partial charge in [-0.2, -0.15) is 5.10 Å². The van der Waals surface area contributed by atoms with Crippen LogP contribution in [0.25, 0.3) is 10.8 Å². The number of hydrogen-bond donors (Lipinski definition) is 1. The minimum absolute atomic E-state index is 0.140. The Hall–Kier alpha value is -2.97. The predicted octanol–water partition coefficient (Wildman–Crippen LogP) is 3.00. The standard InChI is InChI=1S/C24H28FN3O4/c1-31-21-13-18-15-26-28(24(30)20(18)14-22(21)32-2)12-11-27-9-7-17(8-10-27)23(29)16-3-5-19(25)6-4-16/h3-6,13-15,17,23,29H,7-12H2,1-2H3. The summed E-state index contributed by atoms with van der Waals surface area (Å²) in [5.74, 6) is 0.910. The molecular formula is C24H28FN3O4. The summed E-state index contributed by atoms with van der Waals surface area (Å²) in [6, 6.07) is 9.51. The molecule has 1 unspecified atom stereocenters. The number of aliphatic hydroxyl groups is 1. The lowest BCUT2D eigenvalue weighted by atomic mass is 9.87. The fourth-order valence-electron chi connectivity index (χ4n) is 4.33. The molecule has 0 bridgehead atoms. The van der Waals surface area contributed by atoms with Gasteiger partial charge in [-0.15, -0.1) is 0 Å². The van der Waals surface area contributed by atoms with Gasteiger partial charge in [0.05, 0.1) is 38.5 Å². The van der Waals surface area contributed by atoms with Gasteiger partial charge in [-0.25, -0.2) is 9.07 Å². The molecule has 1 N–H and O–H groups in total. The van der Waals surface area contributed by atoms with Gasteiger partial charge in [0.25, 0.3) is 5.56 Å². The van der Waals surface area contributed by atoms with Gasteiger partial charge in [-0.3, -0.25) is 4.79 Å². The number of benzene rings is 2. The van der Waals surface area contributed by atoms with Crippen LogP contribution in [0.5, 0.6) is 11.5 Å². The van der Waals surface area contributed by atoms with E-state index >= 15 is 0 Å². The summed E-state index contributed by atoms with van der Waals surface area (Å²) in [4.78, 5) is 15.2. The number of halogens is 1. The topological polar surface area (TPSA) is 76.8 Å². The van der Waals surface area contributed by atoms with E-state index in [0.29, 0.717) is 35.4 Å². The van der Waals surface area contributed by atoms with Gasteiger partial charge < -0.3 is 19.5 Å². The van der Waals surface area contributed by atoms with Crippen LogP contribution in [0.1, 0.15) is 24.5 Å². The summed E-state index contributed by atoms with van der Waals surface area (Å²) < 4.78 is 25.2. The molecule has 32 heavy (non-hydrogen) atoms. The molecule has 1 saturated heterocycles. The molecule has 1 atom stereocenters. The van der Waals surface area contributed by atoms with Gasteiger partial charge in [-0.1, -0.05) is 12.1 Å². The van der Waals surface area contributed by atoms with Crippen LogP contribution in [0.15, 0.2) is 47.4 Å². The third kappa shape index (κ3) is 4.61. The van der Waals surface area contributed by atoms with Gasteiger partial charge >= 0.3 is 0 Å². The minimum Gasteiger partial charge on any atom is -0.493 e. The van der Waals surface area contributed by atoms with Crippen molar-refractivity contribution in [1.29, 1.82) is 0 Å². The van der Waals surface area contributed by atoms with Crippen LogP contribution >= 0.6 is 0 Å². The van der Waals surface area contributed by atoms with Crippen molar-refractivity contribution in [2.75, 3.05) is 33.9 Å². The highest BCUT2D eigenvalue weighted by molar-refractivity contribution is 5.84. The Kier molecular flexibility index (Phi) is 6.72. The first-order valence-electron chi connectivity index (χ1n) is 10.8. The Balaban J connectivity index is 1.37. The van der Waals surface area contributed by atoms with Crippen LogP contribution in [0.3, 0.4) is 0 Å². The Labute approximate surface area is 186 Å². The molecule has 1 aliphatic heterocycles. The molecule has 1 aliphatic rings. The second kappa shape index (κ2) is 9.67. The van der Waals surface area contributed by atoms with E-state index in [0.717, 1.165) is 31.5 Å². The molecule has 1 fully saturated rings. The Bertz CT molecular complexity index is 1120. The fraction of sp³-hybridized carbons (Fsp3) is 0.417.